The number of carbonyl (C=O) groups is 1. The van der Waals surface area contributed by atoms with E-state index in [2.05, 4.69) is 5.32 Å². The number of para-hydroxylation sites is 1. The summed E-state index contributed by atoms with van der Waals surface area (Å²) >= 11 is 1.47. The number of carbonyl (C=O) groups excluding carboxylic acids is 1. The van der Waals surface area contributed by atoms with Crippen molar-refractivity contribution in [3.63, 3.8) is 0 Å². The van der Waals surface area contributed by atoms with Crippen LogP contribution in [0.25, 0.3) is 0 Å². The number of rotatable bonds is 4. The highest BCUT2D eigenvalue weighted by atomic mass is 32.1. The quantitative estimate of drug-likeness (QED) is 0.891. The van der Waals surface area contributed by atoms with Crippen LogP contribution in [0.2, 0.25) is 0 Å². The van der Waals surface area contributed by atoms with Gasteiger partial charge in [-0.3, -0.25) is 0 Å². The zero-order chi connectivity index (χ0) is 12.8. The Morgan fingerprint density at radius 1 is 1.28 bits per heavy atom. The molecule has 0 aliphatic carbocycles. The Bertz CT molecular complexity index is 484. The molecule has 4 nitrogen and oxygen atoms in total. The van der Waals surface area contributed by atoms with E-state index in [1.807, 2.05) is 23.6 Å². The van der Waals surface area contributed by atoms with E-state index in [-0.39, 0.29) is 6.61 Å². The largest absolute Gasteiger partial charge is 0.413 e. The number of hydrogen-bond acceptors (Lipinski definition) is 4. The number of hydrogen-bond donors (Lipinski definition) is 2. The summed E-state index contributed by atoms with van der Waals surface area (Å²) in [5.41, 5.74) is 0. The molecule has 1 aromatic carbocycles. The molecule has 0 radical (unpaired) electrons. The van der Waals surface area contributed by atoms with Crippen LogP contribution >= 0.6 is 11.3 Å². The van der Waals surface area contributed by atoms with Gasteiger partial charge in [-0.05, 0) is 23.6 Å². The summed E-state index contributed by atoms with van der Waals surface area (Å²) in [5, 5.41) is 13.8. The molecular weight excluding hydrogens is 250 g/mol. The molecule has 0 aliphatic rings. The Balaban J connectivity index is 1.94. The Morgan fingerprint density at radius 3 is 2.67 bits per heavy atom. The molecule has 5 heteroatoms. The number of benzene rings is 1. The summed E-state index contributed by atoms with van der Waals surface area (Å²) in [6, 6.07) is 12.1. The maximum absolute atomic E-state index is 11.6. The van der Waals surface area contributed by atoms with Crippen molar-refractivity contribution in [1.82, 2.24) is 5.32 Å². The van der Waals surface area contributed by atoms with Crippen LogP contribution in [-0.2, 0) is 0 Å². The molecular formula is C13H13NO3S. The van der Waals surface area contributed by atoms with Gasteiger partial charge in [0.15, 0.2) is 0 Å². The van der Waals surface area contributed by atoms with Gasteiger partial charge in [-0.15, -0.1) is 11.3 Å². The van der Waals surface area contributed by atoms with Crippen molar-refractivity contribution in [2.24, 2.45) is 0 Å². The van der Waals surface area contributed by atoms with Gasteiger partial charge in [0, 0.05) is 4.88 Å². The Morgan fingerprint density at radius 2 is 2.06 bits per heavy atom. The molecule has 2 N–H and O–H groups in total. The predicted octanol–water partition coefficient (Wildman–Crippen LogP) is 2.57. The average Bonchev–Trinajstić information content (AvgIpc) is 2.91. The Hall–Kier alpha value is -1.85. The lowest BCUT2D eigenvalue weighted by Gasteiger charge is -2.14. The van der Waals surface area contributed by atoms with Gasteiger partial charge in [0.1, 0.15) is 5.75 Å². The van der Waals surface area contributed by atoms with Crippen LogP contribution in [-0.4, -0.2) is 17.8 Å². The second-order valence-corrected chi connectivity index (χ2v) is 4.58. The lowest BCUT2D eigenvalue weighted by Crippen LogP contribution is -2.32. The summed E-state index contributed by atoms with van der Waals surface area (Å²) < 4.78 is 5.09. The normalized spacial score (nSPS) is 11.8. The van der Waals surface area contributed by atoms with Crippen molar-refractivity contribution < 1.29 is 14.6 Å². The smallest absolute Gasteiger partial charge is 0.410 e. The molecule has 1 aromatic heterocycles. The number of ether oxygens (including phenoxy) is 1. The molecule has 18 heavy (non-hydrogen) atoms. The molecule has 0 saturated heterocycles. The summed E-state index contributed by atoms with van der Waals surface area (Å²) in [4.78, 5) is 12.5. The Kier molecular flexibility index (Phi) is 4.33. The third-order valence-electron chi connectivity index (χ3n) is 2.32. The van der Waals surface area contributed by atoms with Gasteiger partial charge >= 0.3 is 6.09 Å². The first-order valence-electron chi connectivity index (χ1n) is 5.47. The van der Waals surface area contributed by atoms with Crippen LogP contribution in [0.1, 0.15) is 10.9 Å². The van der Waals surface area contributed by atoms with E-state index < -0.39 is 12.1 Å². The third-order valence-corrected chi connectivity index (χ3v) is 3.30. The summed E-state index contributed by atoms with van der Waals surface area (Å²) in [7, 11) is 0. The van der Waals surface area contributed by atoms with Gasteiger partial charge in [0.25, 0.3) is 0 Å². The van der Waals surface area contributed by atoms with Gasteiger partial charge in [-0.2, -0.15) is 0 Å². The molecule has 1 heterocycles. The summed E-state index contributed by atoms with van der Waals surface area (Å²) in [6.45, 7) is -0.162. The standard InChI is InChI=1S/C13H13NO3S/c15-9-11(12-7-4-8-18-12)14-13(16)17-10-5-2-1-3-6-10/h1-8,11,15H,9H2,(H,14,16). The van der Waals surface area contributed by atoms with Gasteiger partial charge < -0.3 is 15.2 Å². The van der Waals surface area contributed by atoms with Crippen molar-refractivity contribution in [2.45, 2.75) is 6.04 Å². The number of thiophene rings is 1. The van der Waals surface area contributed by atoms with Crippen molar-refractivity contribution in [3.05, 3.63) is 52.7 Å². The Labute approximate surface area is 109 Å². The number of nitrogens with one attached hydrogen (secondary N) is 1. The third kappa shape index (κ3) is 3.32. The van der Waals surface area contributed by atoms with E-state index in [0.717, 1.165) is 4.88 Å². The second-order valence-electron chi connectivity index (χ2n) is 3.60. The fourth-order valence-corrected chi connectivity index (χ4v) is 2.23. The molecule has 0 aliphatic heterocycles. The fourth-order valence-electron chi connectivity index (χ4n) is 1.46. The monoisotopic (exact) mass is 263 g/mol. The SMILES string of the molecule is O=C(NC(CO)c1cccs1)Oc1ccccc1. The van der Waals surface area contributed by atoms with Crippen molar-refractivity contribution in [3.8, 4) is 5.75 Å². The minimum absolute atomic E-state index is 0.162. The van der Waals surface area contributed by atoms with Gasteiger partial charge in [-0.1, -0.05) is 24.3 Å². The highest BCUT2D eigenvalue weighted by Gasteiger charge is 2.15. The first-order valence-corrected chi connectivity index (χ1v) is 6.35. The first kappa shape index (κ1) is 12.6. The van der Waals surface area contributed by atoms with E-state index >= 15 is 0 Å². The van der Waals surface area contributed by atoms with E-state index in [0.29, 0.717) is 5.75 Å². The number of aliphatic hydroxyl groups excluding tert-OH is 1. The highest BCUT2D eigenvalue weighted by molar-refractivity contribution is 7.10. The molecule has 1 amide bonds. The second kappa shape index (κ2) is 6.18. The van der Waals surface area contributed by atoms with Crippen LogP contribution in [0, 0.1) is 0 Å². The molecule has 0 spiro atoms. The summed E-state index contributed by atoms with van der Waals surface area (Å²) in [6.07, 6.45) is -0.575. The number of aliphatic hydroxyl groups is 1. The molecule has 94 valence electrons. The van der Waals surface area contributed by atoms with E-state index in [9.17, 15) is 9.90 Å². The fraction of sp³-hybridized carbons (Fsp3) is 0.154. The van der Waals surface area contributed by atoms with Gasteiger partial charge in [-0.25, -0.2) is 4.79 Å². The molecule has 2 aromatic rings. The highest BCUT2D eigenvalue weighted by Crippen LogP contribution is 2.18. The van der Waals surface area contributed by atoms with E-state index in [4.69, 9.17) is 4.74 Å². The molecule has 0 bridgehead atoms. The molecule has 2 rings (SSSR count). The first-order chi connectivity index (χ1) is 8.79. The maximum atomic E-state index is 11.6. The maximum Gasteiger partial charge on any atom is 0.413 e. The van der Waals surface area contributed by atoms with Crippen LogP contribution in [0.3, 0.4) is 0 Å². The van der Waals surface area contributed by atoms with Crippen LogP contribution in [0.5, 0.6) is 5.75 Å². The topological polar surface area (TPSA) is 58.6 Å². The van der Waals surface area contributed by atoms with E-state index in [1.54, 1.807) is 24.3 Å². The van der Waals surface area contributed by atoms with Crippen LogP contribution < -0.4 is 10.1 Å². The van der Waals surface area contributed by atoms with E-state index in [1.165, 1.54) is 11.3 Å². The zero-order valence-electron chi connectivity index (χ0n) is 9.58. The molecule has 0 saturated carbocycles. The van der Waals surface area contributed by atoms with Crippen LogP contribution in [0.15, 0.2) is 47.8 Å². The minimum Gasteiger partial charge on any atom is -0.410 e. The average molecular weight is 263 g/mol. The van der Waals surface area contributed by atoms with Crippen LogP contribution in [0.4, 0.5) is 4.79 Å². The minimum atomic E-state index is -0.575. The summed E-state index contributed by atoms with van der Waals surface area (Å²) in [5.74, 6) is 0.470. The molecule has 1 unspecified atom stereocenters. The van der Waals surface area contributed by atoms with Crippen molar-refractivity contribution in [2.75, 3.05) is 6.61 Å². The van der Waals surface area contributed by atoms with Crippen molar-refractivity contribution >= 4 is 17.4 Å². The van der Waals surface area contributed by atoms with Crippen molar-refractivity contribution in [1.29, 1.82) is 0 Å². The van der Waals surface area contributed by atoms with Gasteiger partial charge in [0.2, 0.25) is 0 Å². The lowest BCUT2D eigenvalue weighted by atomic mass is 10.2. The zero-order valence-corrected chi connectivity index (χ0v) is 10.4. The van der Waals surface area contributed by atoms with Gasteiger partial charge in [0.05, 0.1) is 12.6 Å². The lowest BCUT2D eigenvalue weighted by molar-refractivity contribution is 0.184. The number of amides is 1. The predicted molar refractivity (Wildman–Crippen MR) is 69.7 cm³/mol. The molecule has 0 fully saturated rings. The molecule has 1 atom stereocenters.